The maximum Gasteiger partial charge on any atom is 0.328 e. The van der Waals surface area contributed by atoms with Crippen molar-refractivity contribution in [2.75, 3.05) is 13.2 Å². The van der Waals surface area contributed by atoms with Gasteiger partial charge >= 0.3 is 5.97 Å². The van der Waals surface area contributed by atoms with Crippen LogP contribution in [0.2, 0.25) is 0 Å². The highest BCUT2D eigenvalue weighted by molar-refractivity contribution is 5.97. The molecular formula is C37H44N8O7. The Bertz CT molecular complexity index is 1890. The minimum absolute atomic E-state index is 0.00886. The molecule has 5 N–H and O–H groups in total. The number of aromatic amines is 1. The van der Waals surface area contributed by atoms with Crippen LogP contribution in [0.1, 0.15) is 73.2 Å². The highest BCUT2D eigenvalue weighted by atomic mass is 17.1. The van der Waals surface area contributed by atoms with Gasteiger partial charge in [-0.05, 0) is 65.8 Å². The number of nitrogens with one attached hydrogen (secondary N) is 2. The molecule has 5 rings (SSSR count). The fourth-order valence-corrected chi connectivity index (χ4v) is 5.82. The van der Waals surface area contributed by atoms with E-state index in [1.54, 1.807) is 13.8 Å². The van der Waals surface area contributed by atoms with Gasteiger partial charge in [0.25, 0.3) is 5.91 Å². The number of aliphatic hydroxyl groups is 1. The zero-order valence-corrected chi connectivity index (χ0v) is 29.4. The molecule has 0 fully saturated rings. The van der Waals surface area contributed by atoms with Gasteiger partial charge in [0, 0.05) is 24.9 Å². The number of hydrogen-bond donors (Lipinski definition) is 5. The first-order valence-electron chi connectivity index (χ1n) is 17.1. The molecule has 15 nitrogen and oxygen atoms in total. The third-order valence-corrected chi connectivity index (χ3v) is 8.31. The average Bonchev–Trinajstić information content (AvgIpc) is 3.79. The van der Waals surface area contributed by atoms with Gasteiger partial charge < -0.3 is 19.7 Å². The molecule has 0 bridgehead atoms. The number of esters is 1. The largest absolute Gasteiger partial charge is 0.464 e. The van der Waals surface area contributed by atoms with Crippen molar-refractivity contribution in [2.24, 2.45) is 0 Å². The van der Waals surface area contributed by atoms with Crippen LogP contribution in [-0.2, 0) is 39.4 Å². The lowest BCUT2D eigenvalue weighted by Gasteiger charge is -2.21. The maximum absolute atomic E-state index is 14.3. The quantitative estimate of drug-likeness (QED) is 0.0480. The second kappa shape index (κ2) is 17.7. The number of benzene rings is 3. The summed E-state index contributed by atoms with van der Waals surface area (Å²) in [6.07, 6.45) is 2.25. The SMILES string of the molecule is CCCc1nc(C(C)(C)O)c(C(=O)NC(Cc2ccccc2)C(=O)OCCCCON(O)O)n1Cc1ccc(-c2ccccc2-c2nnn[nH]2)cc1. The van der Waals surface area contributed by atoms with Crippen LogP contribution < -0.4 is 5.32 Å². The van der Waals surface area contributed by atoms with E-state index in [0.29, 0.717) is 30.9 Å². The number of tetrazole rings is 1. The number of aromatic nitrogens is 6. The van der Waals surface area contributed by atoms with Crippen molar-refractivity contribution in [3.05, 3.63) is 107 Å². The van der Waals surface area contributed by atoms with E-state index in [1.165, 1.54) is 0 Å². The minimum atomic E-state index is -1.47. The van der Waals surface area contributed by atoms with Gasteiger partial charge in [-0.1, -0.05) is 85.8 Å². The fourth-order valence-electron chi connectivity index (χ4n) is 5.82. The van der Waals surface area contributed by atoms with E-state index < -0.39 is 23.5 Å². The van der Waals surface area contributed by atoms with E-state index in [2.05, 4.69) is 30.8 Å². The number of carbonyl (C=O) groups excluding carboxylic acids is 2. The molecule has 0 aliphatic rings. The number of carbonyl (C=O) groups is 2. The molecule has 1 atom stereocenters. The van der Waals surface area contributed by atoms with Crippen molar-refractivity contribution in [3.8, 4) is 22.5 Å². The number of ether oxygens (including phenoxy) is 1. The lowest BCUT2D eigenvalue weighted by Crippen LogP contribution is -2.45. The molecule has 2 aromatic heterocycles. The first-order chi connectivity index (χ1) is 25.0. The Hall–Kier alpha value is -5.32. The number of rotatable bonds is 18. The number of hydrogen-bond acceptors (Lipinski definition) is 12. The topological polar surface area (TPSA) is 201 Å². The second-order valence-corrected chi connectivity index (χ2v) is 12.8. The van der Waals surface area contributed by atoms with Crippen LogP contribution in [0.4, 0.5) is 0 Å². The van der Waals surface area contributed by atoms with Crippen LogP contribution in [0, 0.1) is 0 Å². The number of amides is 1. The van der Waals surface area contributed by atoms with E-state index in [-0.39, 0.29) is 43.0 Å². The highest BCUT2D eigenvalue weighted by Crippen LogP contribution is 2.31. The first kappa shape index (κ1) is 37.9. The molecule has 5 aromatic rings. The monoisotopic (exact) mass is 712 g/mol. The standard InChI is InChI=1S/C37H44N8O7/c1-4-12-31-39-33(37(2,3)48)32(35(46)38-30(23-25-13-6-5-7-14-25)36(47)51-21-10-11-22-52-45(49)50)44(31)24-26-17-19-27(20-18-26)28-15-8-9-16-29(28)34-40-42-43-41-34/h5-9,13-20,30,48-50H,4,10-12,21-24H2,1-3H3,(H,38,46)(H,40,41,42,43). The summed E-state index contributed by atoms with van der Waals surface area (Å²) in [5.41, 5.74) is 3.33. The van der Waals surface area contributed by atoms with Crippen LogP contribution in [0.25, 0.3) is 22.5 Å². The van der Waals surface area contributed by atoms with Crippen molar-refractivity contribution in [1.29, 1.82) is 0 Å². The number of imidazole rings is 1. The van der Waals surface area contributed by atoms with Crippen LogP contribution >= 0.6 is 0 Å². The third kappa shape index (κ3) is 9.92. The molecule has 0 spiro atoms. The molecular weight excluding hydrogens is 668 g/mol. The summed E-state index contributed by atoms with van der Waals surface area (Å²) in [5, 5.41) is 45.5. The zero-order chi connectivity index (χ0) is 37.1. The Morgan fingerprint density at radius 2 is 1.63 bits per heavy atom. The summed E-state index contributed by atoms with van der Waals surface area (Å²) < 4.78 is 7.35. The van der Waals surface area contributed by atoms with Crippen LogP contribution in [0.5, 0.6) is 0 Å². The normalized spacial score (nSPS) is 12.2. The number of unbranched alkanes of at least 4 members (excludes halogenated alkanes) is 1. The van der Waals surface area contributed by atoms with Gasteiger partial charge in [-0.3, -0.25) is 20.0 Å². The molecule has 274 valence electrons. The zero-order valence-electron chi connectivity index (χ0n) is 29.4. The lowest BCUT2D eigenvalue weighted by atomic mass is 9.98. The molecule has 1 unspecified atom stereocenters. The summed E-state index contributed by atoms with van der Waals surface area (Å²) >= 11 is 0. The van der Waals surface area contributed by atoms with Gasteiger partial charge in [0.2, 0.25) is 0 Å². The van der Waals surface area contributed by atoms with Gasteiger partial charge in [-0.15, -0.1) is 5.10 Å². The third-order valence-electron chi connectivity index (χ3n) is 8.31. The van der Waals surface area contributed by atoms with Gasteiger partial charge in [0.05, 0.1) is 18.6 Å². The fraction of sp³-hybridized carbons (Fsp3) is 0.351. The van der Waals surface area contributed by atoms with E-state index >= 15 is 0 Å². The molecule has 0 saturated carbocycles. The summed E-state index contributed by atoms with van der Waals surface area (Å²) in [6, 6.07) is 24.0. The van der Waals surface area contributed by atoms with Crippen molar-refractivity contribution in [2.45, 2.75) is 71.1 Å². The van der Waals surface area contributed by atoms with E-state index in [9.17, 15) is 14.7 Å². The van der Waals surface area contributed by atoms with E-state index in [1.807, 2.05) is 90.4 Å². The van der Waals surface area contributed by atoms with Crippen molar-refractivity contribution < 1.29 is 34.7 Å². The van der Waals surface area contributed by atoms with Crippen molar-refractivity contribution in [3.63, 3.8) is 0 Å². The Kier molecular flexibility index (Phi) is 12.9. The number of aryl methyl sites for hydroxylation is 1. The molecule has 15 heteroatoms. The van der Waals surface area contributed by atoms with Crippen LogP contribution in [-0.4, -0.2) is 82.2 Å². The predicted octanol–water partition coefficient (Wildman–Crippen LogP) is 4.63. The van der Waals surface area contributed by atoms with E-state index in [0.717, 1.165) is 34.2 Å². The van der Waals surface area contributed by atoms with Gasteiger partial charge in [-0.25, -0.2) is 14.9 Å². The smallest absolute Gasteiger partial charge is 0.328 e. The Morgan fingerprint density at radius 1 is 0.942 bits per heavy atom. The Balaban J connectivity index is 1.42. The summed E-state index contributed by atoms with van der Waals surface area (Å²) in [4.78, 5) is 37.1. The molecule has 2 heterocycles. The maximum atomic E-state index is 14.3. The summed E-state index contributed by atoms with van der Waals surface area (Å²) in [5.74, 6) is -0.0230. The first-order valence-corrected chi connectivity index (χ1v) is 17.1. The van der Waals surface area contributed by atoms with Crippen molar-refractivity contribution >= 4 is 11.9 Å². The molecule has 0 aliphatic heterocycles. The summed E-state index contributed by atoms with van der Waals surface area (Å²) in [7, 11) is 0. The molecule has 3 aromatic carbocycles. The van der Waals surface area contributed by atoms with Gasteiger partial charge in [0.15, 0.2) is 5.82 Å². The van der Waals surface area contributed by atoms with Gasteiger partial charge in [-0.2, -0.15) is 0 Å². The van der Waals surface area contributed by atoms with Crippen molar-refractivity contribution in [1.82, 2.24) is 40.9 Å². The second-order valence-electron chi connectivity index (χ2n) is 12.8. The van der Waals surface area contributed by atoms with E-state index in [4.69, 9.17) is 20.1 Å². The minimum Gasteiger partial charge on any atom is -0.464 e. The Morgan fingerprint density at radius 3 is 2.29 bits per heavy atom. The lowest BCUT2D eigenvalue weighted by molar-refractivity contribution is -0.492. The summed E-state index contributed by atoms with van der Waals surface area (Å²) in [6.45, 7) is 5.49. The predicted molar refractivity (Wildman–Crippen MR) is 189 cm³/mol. The Labute approximate surface area is 301 Å². The molecule has 52 heavy (non-hydrogen) atoms. The average molecular weight is 713 g/mol. The van der Waals surface area contributed by atoms with Crippen LogP contribution in [0.15, 0.2) is 78.9 Å². The molecule has 0 aliphatic carbocycles. The molecule has 0 saturated heterocycles. The molecule has 0 radical (unpaired) electrons. The number of H-pyrrole nitrogens is 1. The van der Waals surface area contributed by atoms with Gasteiger partial charge in [0.1, 0.15) is 28.9 Å². The van der Waals surface area contributed by atoms with Crippen LogP contribution in [0.3, 0.4) is 0 Å². The highest BCUT2D eigenvalue weighted by Gasteiger charge is 2.34. The molecule has 1 amide bonds. The number of nitrogens with zero attached hydrogens (tertiary/aromatic N) is 6.